The van der Waals surface area contributed by atoms with Crippen LogP contribution in [0.4, 0.5) is 0 Å². The Bertz CT molecular complexity index is 622. The quantitative estimate of drug-likeness (QED) is 0.858. The topological polar surface area (TPSA) is 52.3 Å². The molecule has 0 radical (unpaired) electrons. The Balaban J connectivity index is 2.30. The minimum absolute atomic E-state index is 0.350. The first-order valence-electron chi connectivity index (χ1n) is 7.19. The molecule has 0 bridgehead atoms. The lowest BCUT2D eigenvalue weighted by atomic mass is 9.93. The Kier molecular flexibility index (Phi) is 5.12. The molecular formula is C18H21NO2. The maximum absolute atomic E-state index is 11.7. The summed E-state index contributed by atoms with van der Waals surface area (Å²) in [6.45, 7) is 4.22. The van der Waals surface area contributed by atoms with Gasteiger partial charge in [0.15, 0.2) is 0 Å². The van der Waals surface area contributed by atoms with Crippen LogP contribution in [-0.2, 0) is 16.0 Å². The van der Waals surface area contributed by atoms with E-state index in [-0.39, 0.29) is 5.97 Å². The lowest BCUT2D eigenvalue weighted by Crippen LogP contribution is -2.34. The van der Waals surface area contributed by atoms with Crippen molar-refractivity contribution in [1.29, 1.82) is 0 Å². The van der Waals surface area contributed by atoms with E-state index in [0.717, 1.165) is 11.1 Å². The zero-order chi connectivity index (χ0) is 15.2. The summed E-state index contributed by atoms with van der Waals surface area (Å²) < 4.78 is 4.98. The van der Waals surface area contributed by atoms with E-state index in [1.54, 1.807) is 6.92 Å². The van der Waals surface area contributed by atoms with Gasteiger partial charge in [-0.25, -0.2) is 0 Å². The summed E-state index contributed by atoms with van der Waals surface area (Å²) in [7, 11) is 0. The zero-order valence-corrected chi connectivity index (χ0v) is 12.5. The average Bonchev–Trinajstić information content (AvgIpc) is 2.49. The molecule has 3 heteroatoms. The number of ether oxygens (including phenoxy) is 1. The molecule has 0 saturated heterocycles. The predicted octanol–water partition coefficient (Wildman–Crippen LogP) is 3.09. The highest BCUT2D eigenvalue weighted by molar-refractivity contribution is 5.77. The fourth-order valence-electron chi connectivity index (χ4n) is 2.41. The van der Waals surface area contributed by atoms with E-state index in [1.807, 2.05) is 30.3 Å². The minimum atomic E-state index is -0.630. The molecule has 0 fully saturated rings. The molecule has 110 valence electrons. The number of aryl methyl sites for hydroxylation is 1. The lowest BCUT2D eigenvalue weighted by molar-refractivity contribution is -0.144. The Morgan fingerprint density at radius 1 is 1.10 bits per heavy atom. The van der Waals surface area contributed by atoms with Crippen LogP contribution in [0.3, 0.4) is 0 Å². The Labute approximate surface area is 125 Å². The van der Waals surface area contributed by atoms with Crippen molar-refractivity contribution in [3.63, 3.8) is 0 Å². The highest BCUT2D eigenvalue weighted by Crippen LogP contribution is 2.27. The third-order valence-corrected chi connectivity index (χ3v) is 3.48. The number of esters is 1. The average molecular weight is 283 g/mol. The molecule has 3 nitrogen and oxygen atoms in total. The van der Waals surface area contributed by atoms with Gasteiger partial charge in [-0.1, -0.05) is 48.5 Å². The second-order valence-corrected chi connectivity index (χ2v) is 5.03. The first kappa shape index (κ1) is 15.3. The van der Waals surface area contributed by atoms with Crippen molar-refractivity contribution in [3.05, 3.63) is 59.7 Å². The molecule has 2 rings (SSSR count). The monoisotopic (exact) mass is 283 g/mol. The van der Waals surface area contributed by atoms with Gasteiger partial charge in [-0.15, -0.1) is 0 Å². The van der Waals surface area contributed by atoms with Crippen molar-refractivity contribution < 1.29 is 9.53 Å². The van der Waals surface area contributed by atoms with Crippen molar-refractivity contribution in [2.45, 2.75) is 26.3 Å². The number of carbonyl (C=O) groups excluding carboxylic acids is 1. The molecule has 0 amide bonds. The summed E-state index contributed by atoms with van der Waals surface area (Å²) in [5.41, 5.74) is 10.5. The van der Waals surface area contributed by atoms with E-state index in [2.05, 4.69) is 25.1 Å². The summed E-state index contributed by atoms with van der Waals surface area (Å²) in [6.07, 6.45) is 0.476. The molecule has 2 aromatic carbocycles. The molecule has 2 N–H and O–H groups in total. The van der Waals surface area contributed by atoms with Crippen LogP contribution in [0.2, 0.25) is 0 Å². The second-order valence-electron chi connectivity index (χ2n) is 5.03. The predicted molar refractivity (Wildman–Crippen MR) is 84.9 cm³/mol. The molecule has 1 atom stereocenters. The van der Waals surface area contributed by atoms with Crippen molar-refractivity contribution >= 4 is 5.97 Å². The molecule has 0 heterocycles. The molecule has 0 saturated carbocycles. The van der Waals surface area contributed by atoms with E-state index in [9.17, 15) is 4.79 Å². The molecule has 0 aliphatic carbocycles. The molecule has 0 aliphatic heterocycles. The van der Waals surface area contributed by atoms with Crippen LogP contribution < -0.4 is 5.73 Å². The van der Waals surface area contributed by atoms with Crippen LogP contribution in [0.25, 0.3) is 11.1 Å². The number of carbonyl (C=O) groups is 1. The molecule has 0 spiro atoms. The van der Waals surface area contributed by atoms with Gasteiger partial charge in [0.2, 0.25) is 0 Å². The van der Waals surface area contributed by atoms with E-state index >= 15 is 0 Å². The standard InChI is InChI=1S/C18H21NO2/c1-3-21-18(20)17(19)12-14-9-5-7-11-16(14)15-10-6-4-8-13(15)2/h4-11,17H,3,12,19H2,1-2H3. The van der Waals surface area contributed by atoms with Crippen molar-refractivity contribution in [2.75, 3.05) is 6.61 Å². The molecule has 21 heavy (non-hydrogen) atoms. The SMILES string of the molecule is CCOC(=O)C(N)Cc1ccccc1-c1ccccc1C. The van der Waals surface area contributed by atoms with Gasteiger partial charge < -0.3 is 10.5 Å². The number of benzene rings is 2. The van der Waals surface area contributed by atoms with E-state index in [4.69, 9.17) is 10.5 Å². The number of nitrogens with two attached hydrogens (primary N) is 1. The van der Waals surface area contributed by atoms with Gasteiger partial charge in [-0.05, 0) is 42.5 Å². The van der Waals surface area contributed by atoms with Crippen LogP contribution in [0.15, 0.2) is 48.5 Å². The molecular weight excluding hydrogens is 262 g/mol. The van der Waals surface area contributed by atoms with Gasteiger partial charge >= 0.3 is 5.97 Å². The van der Waals surface area contributed by atoms with Gasteiger partial charge in [0.1, 0.15) is 6.04 Å². The van der Waals surface area contributed by atoms with E-state index < -0.39 is 6.04 Å². The highest BCUT2D eigenvalue weighted by Gasteiger charge is 2.17. The molecule has 0 aromatic heterocycles. The first-order chi connectivity index (χ1) is 10.1. The lowest BCUT2D eigenvalue weighted by Gasteiger charge is -2.15. The molecule has 2 aromatic rings. The summed E-state index contributed by atoms with van der Waals surface area (Å²) in [5.74, 6) is -0.350. The highest BCUT2D eigenvalue weighted by atomic mass is 16.5. The minimum Gasteiger partial charge on any atom is -0.465 e. The summed E-state index contributed by atoms with van der Waals surface area (Å²) in [6, 6.07) is 15.6. The van der Waals surface area contributed by atoms with Gasteiger partial charge in [0.25, 0.3) is 0 Å². The van der Waals surface area contributed by atoms with Gasteiger partial charge in [0.05, 0.1) is 6.61 Å². The summed E-state index contributed by atoms with van der Waals surface area (Å²) in [5, 5.41) is 0. The number of rotatable bonds is 5. The zero-order valence-electron chi connectivity index (χ0n) is 12.5. The van der Waals surface area contributed by atoms with Crippen molar-refractivity contribution in [2.24, 2.45) is 5.73 Å². The van der Waals surface area contributed by atoms with Crippen molar-refractivity contribution in [3.8, 4) is 11.1 Å². The summed E-state index contributed by atoms with van der Waals surface area (Å²) in [4.78, 5) is 11.7. The molecule has 0 aliphatic rings. The van der Waals surface area contributed by atoms with Gasteiger partial charge in [-0.2, -0.15) is 0 Å². The van der Waals surface area contributed by atoms with Crippen LogP contribution in [-0.4, -0.2) is 18.6 Å². The maximum Gasteiger partial charge on any atom is 0.323 e. The summed E-state index contributed by atoms with van der Waals surface area (Å²) >= 11 is 0. The second kappa shape index (κ2) is 7.04. The van der Waals surface area contributed by atoms with Crippen LogP contribution in [0, 0.1) is 6.92 Å². The van der Waals surface area contributed by atoms with E-state index in [1.165, 1.54) is 11.1 Å². The Morgan fingerprint density at radius 3 is 2.38 bits per heavy atom. The maximum atomic E-state index is 11.7. The normalized spacial score (nSPS) is 12.0. The number of hydrogen-bond acceptors (Lipinski definition) is 3. The first-order valence-corrected chi connectivity index (χ1v) is 7.19. The third kappa shape index (κ3) is 3.70. The Morgan fingerprint density at radius 2 is 1.71 bits per heavy atom. The smallest absolute Gasteiger partial charge is 0.323 e. The van der Waals surface area contributed by atoms with Crippen LogP contribution in [0.1, 0.15) is 18.1 Å². The van der Waals surface area contributed by atoms with E-state index in [0.29, 0.717) is 13.0 Å². The van der Waals surface area contributed by atoms with Crippen LogP contribution >= 0.6 is 0 Å². The fraction of sp³-hybridized carbons (Fsp3) is 0.278. The number of hydrogen-bond donors (Lipinski definition) is 1. The largest absolute Gasteiger partial charge is 0.465 e. The fourth-order valence-corrected chi connectivity index (χ4v) is 2.41. The van der Waals surface area contributed by atoms with Gasteiger partial charge in [-0.3, -0.25) is 4.79 Å². The third-order valence-electron chi connectivity index (χ3n) is 3.48. The Hall–Kier alpha value is -2.13. The van der Waals surface area contributed by atoms with Gasteiger partial charge in [0, 0.05) is 0 Å². The molecule has 1 unspecified atom stereocenters. The van der Waals surface area contributed by atoms with Crippen LogP contribution in [0.5, 0.6) is 0 Å². The van der Waals surface area contributed by atoms with Crippen molar-refractivity contribution in [1.82, 2.24) is 0 Å².